The molecule has 0 spiro atoms. The van der Waals surface area contributed by atoms with Crippen molar-refractivity contribution in [1.82, 2.24) is 9.78 Å². The monoisotopic (exact) mass is 446 g/mol. The number of fused-ring (bicyclic) bond motifs is 7. The van der Waals surface area contributed by atoms with E-state index in [0.717, 1.165) is 37.0 Å². The van der Waals surface area contributed by atoms with Gasteiger partial charge in [-0.2, -0.15) is 9.94 Å². The van der Waals surface area contributed by atoms with Crippen molar-refractivity contribution in [2.45, 2.75) is 77.4 Å². The van der Waals surface area contributed by atoms with Crippen LogP contribution in [0.5, 0.6) is 0 Å². The van der Waals surface area contributed by atoms with Gasteiger partial charge in [-0.25, -0.2) is 0 Å². The molecule has 5 saturated carbocycles. The fourth-order valence-corrected chi connectivity index (χ4v) is 9.57. The molecule has 1 heterocycles. The molecule has 6 rings (SSSR count). The van der Waals surface area contributed by atoms with Gasteiger partial charge in [0.15, 0.2) is 5.78 Å². The van der Waals surface area contributed by atoms with Crippen molar-refractivity contribution in [1.29, 1.82) is 5.26 Å². The lowest BCUT2D eigenvalue weighted by atomic mass is 9.48. The molecule has 0 aliphatic heterocycles. The maximum atomic E-state index is 13.7. The molecule has 6 nitrogen and oxygen atoms in total. The third kappa shape index (κ3) is 3.13. The first-order valence-electron chi connectivity index (χ1n) is 12.9. The van der Waals surface area contributed by atoms with E-state index in [2.05, 4.69) is 22.9 Å². The van der Waals surface area contributed by atoms with Crippen LogP contribution in [0.2, 0.25) is 0 Å². The summed E-state index contributed by atoms with van der Waals surface area (Å²) in [6.45, 7) is 11.7. The molecule has 5 fully saturated rings. The second-order valence-electron chi connectivity index (χ2n) is 12.4. The zero-order valence-electron chi connectivity index (χ0n) is 19.7. The summed E-state index contributed by atoms with van der Waals surface area (Å²) in [5, 5.41) is 24.3. The SMILES string of the molecule is [C-]#[N+]c1cc(C#N)n(CC(=O)[C@H]2[C@H]3C[C@H]3[C@H]3[C@@H]4CC[C@@H]5C[C@](C)(O)CC[C@@H]5[C@H]4CC[C@@]32C)n1. The molecule has 0 aromatic carbocycles. The fourth-order valence-electron chi connectivity index (χ4n) is 9.57. The first kappa shape index (κ1) is 21.4. The van der Waals surface area contributed by atoms with Crippen molar-refractivity contribution in [3.63, 3.8) is 0 Å². The Morgan fingerprint density at radius 1 is 1.21 bits per heavy atom. The van der Waals surface area contributed by atoms with Crippen LogP contribution < -0.4 is 0 Å². The van der Waals surface area contributed by atoms with E-state index in [1.165, 1.54) is 42.9 Å². The molecule has 1 aromatic rings. The molecule has 0 radical (unpaired) electrons. The highest BCUT2D eigenvalue weighted by molar-refractivity contribution is 5.83. The molecule has 174 valence electrons. The number of aliphatic hydroxyl groups is 1. The van der Waals surface area contributed by atoms with Gasteiger partial charge in [0.1, 0.15) is 18.3 Å². The van der Waals surface area contributed by atoms with E-state index in [1.54, 1.807) is 0 Å². The molecular formula is C27H34N4O2. The minimum absolute atomic E-state index is 0.0570. The number of hydrogen-bond acceptors (Lipinski definition) is 4. The van der Waals surface area contributed by atoms with E-state index < -0.39 is 5.60 Å². The van der Waals surface area contributed by atoms with Crippen molar-refractivity contribution in [3.8, 4) is 6.07 Å². The Kier molecular flexibility index (Phi) is 4.63. The van der Waals surface area contributed by atoms with Crippen molar-refractivity contribution in [2.75, 3.05) is 0 Å². The largest absolute Gasteiger partial charge is 0.390 e. The Morgan fingerprint density at radius 3 is 2.76 bits per heavy atom. The summed E-state index contributed by atoms with van der Waals surface area (Å²) in [4.78, 5) is 17.0. The molecular weight excluding hydrogens is 412 g/mol. The van der Waals surface area contributed by atoms with E-state index in [9.17, 15) is 15.2 Å². The van der Waals surface area contributed by atoms with Crippen LogP contribution in [0.15, 0.2) is 6.07 Å². The van der Waals surface area contributed by atoms with Gasteiger partial charge in [0, 0.05) is 12.0 Å². The lowest BCUT2D eigenvalue weighted by Crippen LogP contribution is -2.52. The molecule has 5 aliphatic rings. The molecule has 10 atom stereocenters. The van der Waals surface area contributed by atoms with Crippen molar-refractivity contribution < 1.29 is 9.90 Å². The minimum Gasteiger partial charge on any atom is -0.390 e. The van der Waals surface area contributed by atoms with Crippen LogP contribution >= 0.6 is 0 Å². The minimum atomic E-state index is -0.481. The summed E-state index contributed by atoms with van der Waals surface area (Å²) < 4.78 is 1.45. The van der Waals surface area contributed by atoms with Crippen LogP contribution in [0.3, 0.4) is 0 Å². The maximum absolute atomic E-state index is 13.7. The van der Waals surface area contributed by atoms with Gasteiger partial charge in [-0.15, -0.1) is 0 Å². The number of carbonyl (C=O) groups is 1. The Hall–Kier alpha value is -2.18. The first-order chi connectivity index (χ1) is 15.8. The highest BCUT2D eigenvalue weighted by Gasteiger charge is 2.70. The number of nitriles is 1. The molecule has 33 heavy (non-hydrogen) atoms. The number of carbonyl (C=O) groups excluding carboxylic acids is 1. The quantitative estimate of drug-likeness (QED) is 0.679. The molecule has 0 unspecified atom stereocenters. The average molecular weight is 447 g/mol. The van der Waals surface area contributed by atoms with E-state index in [-0.39, 0.29) is 29.5 Å². The van der Waals surface area contributed by atoms with Gasteiger partial charge < -0.3 is 9.95 Å². The molecule has 5 aliphatic carbocycles. The van der Waals surface area contributed by atoms with E-state index in [0.29, 0.717) is 29.4 Å². The number of hydrogen-bond donors (Lipinski definition) is 1. The van der Waals surface area contributed by atoms with Crippen molar-refractivity contribution in [3.05, 3.63) is 23.2 Å². The topological polar surface area (TPSA) is 83.3 Å². The van der Waals surface area contributed by atoms with Gasteiger partial charge in [0.05, 0.1) is 5.60 Å². The number of aromatic nitrogens is 2. The van der Waals surface area contributed by atoms with Crippen LogP contribution in [0.25, 0.3) is 4.85 Å². The van der Waals surface area contributed by atoms with Crippen LogP contribution in [-0.4, -0.2) is 26.3 Å². The number of rotatable bonds is 3. The predicted octanol–water partition coefficient (Wildman–Crippen LogP) is 4.75. The van der Waals surface area contributed by atoms with Crippen LogP contribution in [-0.2, 0) is 11.3 Å². The fraction of sp³-hybridized carbons (Fsp3) is 0.778. The summed E-state index contributed by atoms with van der Waals surface area (Å²) in [5.74, 6) is 5.22. The third-order valence-electron chi connectivity index (χ3n) is 10.7. The highest BCUT2D eigenvalue weighted by atomic mass is 16.3. The third-order valence-corrected chi connectivity index (χ3v) is 10.7. The Labute approximate surface area is 196 Å². The van der Waals surface area contributed by atoms with E-state index >= 15 is 0 Å². The molecule has 1 N–H and O–H groups in total. The standard InChI is InChI=1S/C27H34N4O2/c1-26(33)8-6-17-15(12-26)4-5-19-18(17)7-9-27(2)24(19)20-11-21(20)25(27)22(32)14-31-16(13-28)10-23(29-3)30-31/h10,15,17-21,24-25,33H,4-9,11-12,14H2,1-2H3/t15-,17+,18-,19-,20-,21+,24-,25-,26-,27+/m1/s1. The summed E-state index contributed by atoms with van der Waals surface area (Å²) in [5.41, 5.74) is -0.121. The van der Waals surface area contributed by atoms with E-state index in [1.807, 2.05) is 6.92 Å². The molecule has 0 bridgehead atoms. The summed E-state index contributed by atoms with van der Waals surface area (Å²) in [6.07, 6.45) is 9.09. The predicted molar refractivity (Wildman–Crippen MR) is 122 cm³/mol. The normalized spacial score (nSPS) is 47.3. The second kappa shape index (κ2) is 7.16. The maximum Gasteiger partial charge on any atom is 0.296 e. The van der Waals surface area contributed by atoms with Gasteiger partial charge in [-0.3, -0.25) is 4.79 Å². The Morgan fingerprint density at radius 2 is 2.00 bits per heavy atom. The van der Waals surface area contributed by atoms with Gasteiger partial charge in [-0.1, -0.05) is 13.5 Å². The first-order valence-corrected chi connectivity index (χ1v) is 12.9. The van der Waals surface area contributed by atoms with Crippen LogP contribution in [0.4, 0.5) is 5.82 Å². The zero-order chi connectivity index (χ0) is 23.1. The number of ketones is 1. The number of nitrogens with zero attached hydrogens (tertiary/aromatic N) is 4. The number of Topliss-reactive ketones (excluding diaryl/α,β-unsaturated/α-hetero) is 1. The van der Waals surface area contributed by atoms with Gasteiger partial charge in [0.2, 0.25) is 0 Å². The Balaban J connectivity index is 1.24. The molecule has 1 aromatic heterocycles. The average Bonchev–Trinajstić information content (AvgIpc) is 3.33. The molecule has 0 saturated heterocycles. The van der Waals surface area contributed by atoms with Crippen LogP contribution in [0.1, 0.15) is 70.9 Å². The van der Waals surface area contributed by atoms with Gasteiger partial charge in [0.25, 0.3) is 5.82 Å². The summed E-state index contributed by atoms with van der Waals surface area (Å²) >= 11 is 0. The summed E-state index contributed by atoms with van der Waals surface area (Å²) in [6, 6.07) is 3.57. The molecule has 6 heteroatoms. The lowest BCUT2D eigenvalue weighted by molar-refractivity contribution is -0.136. The summed E-state index contributed by atoms with van der Waals surface area (Å²) in [7, 11) is 0. The van der Waals surface area contributed by atoms with E-state index in [4.69, 9.17) is 6.57 Å². The van der Waals surface area contributed by atoms with Crippen molar-refractivity contribution in [2.24, 2.45) is 52.8 Å². The van der Waals surface area contributed by atoms with Gasteiger partial charge >= 0.3 is 0 Å². The van der Waals surface area contributed by atoms with Crippen LogP contribution in [0, 0.1) is 70.7 Å². The van der Waals surface area contributed by atoms with Gasteiger partial charge in [-0.05, 0) is 110 Å². The lowest BCUT2D eigenvalue weighted by Gasteiger charge is -2.57. The highest BCUT2D eigenvalue weighted by Crippen LogP contribution is 2.74. The Bertz CT molecular complexity index is 1080. The zero-order valence-corrected chi connectivity index (χ0v) is 19.7. The second-order valence-corrected chi connectivity index (χ2v) is 12.4. The van der Waals surface area contributed by atoms with Crippen molar-refractivity contribution >= 4 is 11.6 Å². The smallest absolute Gasteiger partial charge is 0.296 e. The molecule has 0 amide bonds.